The Kier molecular flexibility index (Phi) is 5.17. The Morgan fingerprint density at radius 1 is 1.39 bits per heavy atom. The van der Waals surface area contributed by atoms with Crippen LogP contribution in [0.5, 0.6) is 0 Å². The first-order valence-electron chi connectivity index (χ1n) is 8.48. The Morgan fingerprint density at radius 3 is 2.78 bits per heavy atom. The van der Waals surface area contributed by atoms with E-state index >= 15 is 0 Å². The van der Waals surface area contributed by atoms with Crippen LogP contribution in [0.3, 0.4) is 0 Å². The number of hydrogen-bond donors (Lipinski definition) is 2. The van der Waals surface area contributed by atoms with E-state index in [9.17, 15) is 4.79 Å². The zero-order chi connectivity index (χ0) is 16.2. The molecule has 0 aliphatic carbocycles. The average Bonchev–Trinajstić information content (AvgIpc) is 3.11. The topological polar surface area (TPSA) is 71.4 Å². The number of aryl methyl sites for hydroxylation is 2. The lowest BCUT2D eigenvalue weighted by molar-refractivity contribution is 0.148. The maximum atomic E-state index is 12.1. The summed E-state index contributed by atoms with van der Waals surface area (Å²) >= 11 is 0. The fourth-order valence-corrected chi connectivity index (χ4v) is 3.42. The Hall–Kier alpha value is -1.60. The molecule has 7 nitrogen and oxygen atoms in total. The molecule has 2 aliphatic rings. The largest absolute Gasteiger partial charge is 0.381 e. The van der Waals surface area contributed by atoms with Crippen LogP contribution in [0.2, 0.25) is 0 Å². The fourth-order valence-electron chi connectivity index (χ4n) is 3.42. The third-order valence-corrected chi connectivity index (χ3v) is 4.71. The molecule has 0 aromatic carbocycles. The van der Waals surface area contributed by atoms with Crippen LogP contribution >= 0.6 is 0 Å². The molecule has 1 aromatic rings. The van der Waals surface area contributed by atoms with Gasteiger partial charge >= 0.3 is 6.03 Å². The lowest BCUT2D eigenvalue weighted by atomic mass is 10.0. The SMILES string of the molecule is Cc1cc(NC(=O)NC2CCN(C[C@H]3CCOC3)CC2)n(C)n1. The summed E-state index contributed by atoms with van der Waals surface area (Å²) in [5.41, 5.74) is 0.895. The number of anilines is 1. The highest BCUT2D eigenvalue weighted by Gasteiger charge is 2.24. The van der Waals surface area contributed by atoms with E-state index in [1.807, 2.05) is 20.0 Å². The standard InChI is InChI=1S/C16H27N5O2/c1-12-9-15(20(2)19-12)18-16(22)17-14-3-6-21(7-4-14)10-13-5-8-23-11-13/h9,13-14H,3-8,10-11H2,1-2H3,(H2,17,18,22)/t13-/m1/s1. The smallest absolute Gasteiger partial charge is 0.320 e. The van der Waals surface area contributed by atoms with Crippen LogP contribution in [0.15, 0.2) is 6.07 Å². The third-order valence-electron chi connectivity index (χ3n) is 4.71. The second kappa shape index (κ2) is 7.31. The van der Waals surface area contributed by atoms with E-state index < -0.39 is 0 Å². The van der Waals surface area contributed by atoms with E-state index in [1.54, 1.807) is 4.68 Å². The van der Waals surface area contributed by atoms with Crippen molar-refractivity contribution in [1.82, 2.24) is 20.0 Å². The predicted molar refractivity (Wildman–Crippen MR) is 88.5 cm³/mol. The highest BCUT2D eigenvalue weighted by atomic mass is 16.5. The predicted octanol–water partition coefficient (Wildman–Crippen LogP) is 1.35. The monoisotopic (exact) mass is 321 g/mol. The molecule has 1 atom stereocenters. The minimum absolute atomic E-state index is 0.143. The molecule has 0 spiro atoms. The van der Waals surface area contributed by atoms with E-state index in [1.165, 1.54) is 6.42 Å². The number of amides is 2. The summed E-state index contributed by atoms with van der Waals surface area (Å²) < 4.78 is 7.12. The van der Waals surface area contributed by atoms with E-state index in [4.69, 9.17) is 4.74 Å². The molecule has 2 aliphatic heterocycles. The summed E-state index contributed by atoms with van der Waals surface area (Å²) in [7, 11) is 1.83. The molecule has 0 radical (unpaired) electrons. The number of nitrogens with one attached hydrogen (secondary N) is 2. The summed E-state index contributed by atoms with van der Waals surface area (Å²) in [4.78, 5) is 14.6. The molecule has 0 unspecified atom stereocenters. The summed E-state index contributed by atoms with van der Waals surface area (Å²) in [6, 6.07) is 1.97. The molecule has 3 rings (SSSR count). The first kappa shape index (κ1) is 16.3. The third kappa shape index (κ3) is 4.45. The molecule has 2 N–H and O–H groups in total. The molecule has 0 saturated carbocycles. The molecule has 1 aromatic heterocycles. The van der Waals surface area contributed by atoms with E-state index in [2.05, 4.69) is 20.6 Å². The van der Waals surface area contributed by atoms with Gasteiger partial charge in [-0.05, 0) is 32.1 Å². The van der Waals surface area contributed by atoms with Gasteiger partial charge in [0, 0.05) is 45.4 Å². The van der Waals surface area contributed by atoms with Crippen molar-refractivity contribution in [1.29, 1.82) is 0 Å². The highest BCUT2D eigenvalue weighted by molar-refractivity contribution is 5.88. The zero-order valence-electron chi connectivity index (χ0n) is 14.0. The maximum Gasteiger partial charge on any atom is 0.320 e. The summed E-state index contributed by atoms with van der Waals surface area (Å²) in [5, 5.41) is 10.2. The Balaban J connectivity index is 1.39. The van der Waals surface area contributed by atoms with Crippen molar-refractivity contribution in [3.63, 3.8) is 0 Å². The van der Waals surface area contributed by atoms with Crippen molar-refractivity contribution in [2.75, 3.05) is 38.2 Å². The Morgan fingerprint density at radius 2 is 2.17 bits per heavy atom. The van der Waals surface area contributed by atoms with Gasteiger partial charge in [-0.1, -0.05) is 0 Å². The quantitative estimate of drug-likeness (QED) is 0.878. The molecule has 7 heteroatoms. The minimum Gasteiger partial charge on any atom is -0.381 e. The molecule has 0 bridgehead atoms. The number of carbonyl (C=O) groups is 1. The molecular weight excluding hydrogens is 294 g/mol. The maximum absolute atomic E-state index is 12.1. The van der Waals surface area contributed by atoms with Gasteiger partial charge in [0.25, 0.3) is 0 Å². The van der Waals surface area contributed by atoms with E-state index in [0.29, 0.717) is 5.92 Å². The molecule has 3 heterocycles. The Bertz CT molecular complexity index is 531. The van der Waals surface area contributed by atoms with Gasteiger partial charge in [0.2, 0.25) is 0 Å². The van der Waals surface area contributed by atoms with Crippen molar-refractivity contribution in [2.45, 2.75) is 32.2 Å². The van der Waals surface area contributed by atoms with Gasteiger partial charge in [-0.2, -0.15) is 5.10 Å². The number of rotatable bonds is 4. The van der Waals surface area contributed by atoms with Crippen molar-refractivity contribution < 1.29 is 9.53 Å². The fraction of sp³-hybridized carbons (Fsp3) is 0.750. The zero-order valence-corrected chi connectivity index (χ0v) is 14.0. The highest BCUT2D eigenvalue weighted by Crippen LogP contribution is 2.18. The average molecular weight is 321 g/mol. The van der Waals surface area contributed by atoms with Gasteiger partial charge in [0.1, 0.15) is 5.82 Å². The number of piperidine rings is 1. The summed E-state index contributed by atoms with van der Waals surface area (Å²) in [5.74, 6) is 1.41. The first-order valence-corrected chi connectivity index (χ1v) is 8.48. The molecule has 2 saturated heterocycles. The van der Waals surface area contributed by atoms with Gasteiger partial charge in [-0.3, -0.25) is 10.00 Å². The van der Waals surface area contributed by atoms with Crippen molar-refractivity contribution in [3.05, 3.63) is 11.8 Å². The van der Waals surface area contributed by atoms with Crippen molar-refractivity contribution in [3.8, 4) is 0 Å². The molecule has 2 amide bonds. The minimum atomic E-state index is -0.143. The second-order valence-corrected chi connectivity index (χ2v) is 6.70. The van der Waals surface area contributed by atoms with Crippen LogP contribution in [0.1, 0.15) is 25.0 Å². The number of hydrogen-bond acceptors (Lipinski definition) is 4. The number of ether oxygens (including phenoxy) is 1. The van der Waals surface area contributed by atoms with Crippen LogP contribution in [0, 0.1) is 12.8 Å². The van der Waals surface area contributed by atoms with Crippen LogP contribution in [0.25, 0.3) is 0 Å². The van der Waals surface area contributed by atoms with Gasteiger partial charge in [-0.15, -0.1) is 0 Å². The number of aromatic nitrogens is 2. The molecule has 128 valence electrons. The van der Waals surface area contributed by atoms with Gasteiger partial charge in [0.15, 0.2) is 0 Å². The van der Waals surface area contributed by atoms with Crippen LogP contribution in [-0.2, 0) is 11.8 Å². The number of likely N-dealkylation sites (tertiary alicyclic amines) is 1. The first-order chi connectivity index (χ1) is 11.1. The summed E-state index contributed by atoms with van der Waals surface area (Å²) in [6.07, 6.45) is 3.20. The van der Waals surface area contributed by atoms with Gasteiger partial charge in [-0.25, -0.2) is 4.79 Å². The number of carbonyl (C=O) groups excluding carboxylic acids is 1. The number of urea groups is 1. The molecular formula is C16H27N5O2. The lowest BCUT2D eigenvalue weighted by Crippen LogP contribution is -2.47. The number of nitrogens with zero attached hydrogens (tertiary/aromatic N) is 3. The second-order valence-electron chi connectivity index (χ2n) is 6.70. The van der Waals surface area contributed by atoms with Crippen LogP contribution < -0.4 is 10.6 Å². The normalized spacial score (nSPS) is 23.1. The van der Waals surface area contributed by atoms with Crippen molar-refractivity contribution >= 4 is 11.8 Å². The lowest BCUT2D eigenvalue weighted by Gasteiger charge is -2.33. The van der Waals surface area contributed by atoms with Crippen molar-refractivity contribution in [2.24, 2.45) is 13.0 Å². The molecule has 23 heavy (non-hydrogen) atoms. The van der Waals surface area contributed by atoms with E-state index in [-0.39, 0.29) is 12.1 Å². The Labute approximate surface area is 137 Å². The van der Waals surface area contributed by atoms with E-state index in [0.717, 1.165) is 57.2 Å². The van der Waals surface area contributed by atoms with Gasteiger partial charge in [0.05, 0.1) is 12.3 Å². The molecule has 2 fully saturated rings. The van der Waals surface area contributed by atoms with Crippen LogP contribution in [-0.4, -0.2) is 59.6 Å². The van der Waals surface area contributed by atoms with Crippen LogP contribution in [0.4, 0.5) is 10.6 Å². The van der Waals surface area contributed by atoms with Gasteiger partial charge < -0.3 is 15.0 Å². The summed E-state index contributed by atoms with van der Waals surface area (Å²) in [6.45, 7) is 6.96.